The minimum absolute atomic E-state index is 0.0366. The molecule has 1 fully saturated rings. The summed E-state index contributed by atoms with van der Waals surface area (Å²) in [5.41, 5.74) is 6.01. The molecule has 6 nitrogen and oxygen atoms in total. The van der Waals surface area contributed by atoms with Gasteiger partial charge >= 0.3 is 5.69 Å². The Bertz CT molecular complexity index is 511. The molecule has 2 rings (SSSR count). The number of hydrogen-bond donors (Lipinski definition) is 2. The third kappa shape index (κ3) is 2.11. The van der Waals surface area contributed by atoms with Crippen molar-refractivity contribution in [1.29, 1.82) is 0 Å². The molecular formula is C13H20N4O2. The van der Waals surface area contributed by atoms with Crippen LogP contribution in [-0.2, 0) is 0 Å². The Labute approximate surface area is 112 Å². The van der Waals surface area contributed by atoms with Gasteiger partial charge in [-0.2, -0.15) is 0 Å². The van der Waals surface area contributed by atoms with Crippen molar-refractivity contribution in [3.8, 4) is 0 Å². The lowest BCUT2D eigenvalue weighted by Gasteiger charge is -2.08. The minimum atomic E-state index is -0.446. The second kappa shape index (κ2) is 4.08. The van der Waals surface area contributed by atoms with Gasteiger partial charge in [0.15, 0.2) is 0 Å². The van der Waals surface area contributed by atoms with E-state index in [1.165, 1.54) is 12.1 Å². The van der Waals surface area contributed by atoms with Crippen LogP contribution in [0.25, 0.3) is 0 Å². The number of aromatic nitrogens is 1. The Balaban J connectivity index is 2.13. The fourth-order valence-electron chi connectivity index (χ4n) is 2.79. The van der Waals surface area contributed by atoms with Crippen LogP contribution in [0.3, 0.4) is 0 Å². The molecule has 1 aliphatic rings. The number of anilines is 2. The van der Waals surface area contributed by atoms with Gasteiger partial charge in [-0.05, 0) is 22.8 Å². The zero-order valence-electron chi connectivity index (χ0n) is 11.7. The number of rotatable bonds is 4. The number of nitrogens with one attached hydrogen (secondary N) is 1. The van der Waals surface area contributed by atoms with Crippen molar-refractivity contribution in [2.75, 3.05) is 17.6 Å². The fraction of sp³-hybridized carbons (Fsp3) is 0.615. The van der Waals surface area contributed by atoms with Crippen molar-refractivity contribution in [3.63, 3.8) is 0 Å². The van der Waals surface area contributed by atoms with Crippen molar-refractivity contribution in [1.82, 2.24) is 4.98 Å². The van der Waals surface area contributed by atoms with Crippen LogP contribution in [0.15, 0.2) is 12.1 Å². The second-order valence-corrected chi connectivity index (χ2v) is 6.24. The third-order valence-corrected chi connectivity index (χ3v) is 4.89. The highest BCUT2D eigenvalue weighted by atomic mass is 16.6. The summed E-state index contributed by atoms with van der Waals surface area (Å²) in [5.74, 6) is 0.994. The Hall–Kier alpha value is -1.85. The molecule has 1 aromatic rings. The van der Waals surface area contributed by atoms with Crippen LogP contribution in [0, 0.1) is 26.9 Å². The van der Waals surface area contributed by atoms with Gasteiger partial charge in [-0.25, -0.2) is 4.98 Å². The first-order valence-electron chi connectivity index (χ1n) is 6.32. The number of hydrogen-bond acceptors (Lipinski definition) is 5. The molecule has 0 atom stereocenters. The standard InChI is InChI=1S/C13H20N4O2/c1-12(2)9(13(12,3)4)7-15-11-8(17(18)19)5-6-10(14)16-11/h5-6,9H,7H2,1-4H3,(H3,14,15,16). The Morgan fingerprint density at radius 1 is 1.37 bits per heavy atom. The first kappa shape index (κ1) is 13.6. The van der Waals surface area contributed by atoms with Gasteiger partial charge in [0.05, 0.1) is 4.92 Å². The summed E-state index contributed by atoms with van der Waals surface area (Å²) in [6, 6.07) is 2.82. The van der Waals surface area contributed by atoms with E-state index in [2.05, 4.69) is 38.0 Å². The van der Waals surface area contributed by atoms with E-state index in [0.717, 1.165) is 0 Å². The molecule has 104 valence electrons. The molecule has 19 heavy (non-hydrogen) atoms. The Kier molecular flexibility index (Phi) is 2.91. The van der Waals surface area contributed by atoms with E-state index >= 15 is 0 Å². The van der Waals surface area contributed by atoms with Gasteiger partial charge in [-0.1, -0.05) is 27.7 Å². The molecule has 0 spiro atoms. The predicted molar refractivity (Wildman–Crippen MR) is 74.8 cm³/mol. The normalized spacial score (nSPS) is 20.0. The average molecular weight is 264 g/mol. The summed E-state index contributed by atoms with van der Waals surface area (Å²) < 4.78 is 0. The largest absolute Gasteiger partial charge is 0.384 e. The zero-order chi connectivity index (χ0) is 14.4. The molecule has 0 unspecified atom stereocenters. The molecule has 1 aromatic heterocycles. The highest BCUT2D eigenvalue weighted by Gasteiger charge is 2.64. The molecule has 0 radical (unpaired) electrons. The van der Waals surface area contributed by atoms with E-state index < -0.39 is 4.92 Å². The third-order valence-electron chi connectivity index (χ3n) is 4.89. The number of nitrogens with two attached hydrogens (primary N) is 1. The topological polar surface area (TPSA) is 94.1 Å². The van der Waals surface area contributed by atoms with E-state index in [4.69, 9.17) is 5.73 Å². The van der Waals surface area contributed by atoms with Crippen molar-refractivity contribution in [3.05, 3.63) is 22.2 Å². The molecule has 0 saturated heterocycles. The van der Waals surface area contributed by atoms with Gasteiger partial charge in [0, 0.05) is 12.6 Å². The van der Waals surface area contributed by atoms with Crippen LogP contribution in [0.1, 0.15) is 27.7 Å². The maximum absolute atomic E-state index is 10.9. The molecule has 0 aliphatic heterocycles. The minimum Gasteiger partial charge on any atom is -0.384 e. The highest BCUT2D eigenvalue weighted by Crippen LogP contribution is 2.68. The van der Waals surface area contributed by atoms with Crippen LogP contribution in [0.4, 0.5) is 17.3 Å². The van der Waals surface area contributed by atoms with Gasteiger partial charge in [-0.15, -0.1) is 0 Å². The lowest BCUT2D eigenvalue weighted by molar-refractivity contribution is -0.384. The Morgan fingerprint density at radius 2 is 1.95 bits per heavy atom. The zero-order valence-corrected chi connectivity index (χ0v) is 11.7. The van der Waals surface area contributed by atoms with Gasteiger partial charge in [0.2, 0.25) is 5.82 Å². The van der Waals surface area contributed by atoms with Crippen LogP contribution < -0.4 is 11.1 Å². The number of nitro groups is 1. The molecule has 6 heteroatoms. The smallest absolute Gasteiger partial charge is 0.311 e. The van der Waals surface area contributed by atoms with E-state index in [1.54, 1.807) is 0 Å². The van der Waals surface area contributed by atoms with E-state index in [9.17, 15) is 10.1 Å². The Morgan fingerprint density at radius 3 is 2.42 bits per heavy atom. The van der Waals surface area contributed by atoms with E-state index in [0.29, 0.717) is 12.5 Å². The van der Waals surface area contributed by atoms with Crippen molar-refractivity contribution in [2.45, 2.75) is 27.7 Å². The maximum atomic E-state index is 10.9. The average Bonchev–Trinajstić information content (AvgIpc) is 2.66. The number of pyridine rings is 1. The second-order valence-electron chi connectivity index (χ2n) is 6.24. The van der Waals surface area contributed by atoms with E-state index in [1.807, 2.05) is 0 Å². The summed E-state index contributed by atoms with van der Waals surface area (Å²) in [4.78, 5) is 14.5. The molecular weight excluding hydrogens is 244 g/mol. The molecule has 3 N–H and O–H groups in total. The van der Waals surface area contributed by atoms with Gasteiger partial charge in [0.25, 0.3) is 0 Å². The predicted octanol–water partition coefficient (Wildman–Crippen LogP) is 2.67. The lowest BCUT2D eigenvalue weighted by atomic mass is 10.0. The monoisotopic (exact) mass is 264 g/mol. The first-order chi connectivity index (χ1) is 8.68. The molecule has 1 aliphatic carbocycles. The summed E-state index contributed by atoms with van der Waals surface area (Å²) >= 11 is 0. The summed E-state index contributed by atoms with van der Waals surface area (Å²) in [5, 5.41) is 14.0. The molecule has 1 saturated carbocycles. The van der Waals surface area contributed by atoms with Crippen LogP contribution in [-0.4, -0.2) is 16.5 Å². The quantitative estimate of drug-likeness (QED) is 0.644. The lowest BCUT2D eigenvalue weighted by Crippen LogP contribution is -2.11. The molecule has 0 amide bonds. The first-order valence-corrected chi connectivity index (χ1v) is 6.32. The van der Waals surface area contributed by atoms with Crippen LogP contribution >= 0.6 is 0 Å². The van der Waals surface area contributed by atoms with Crippen LogP contribution in [0.5, 0.6) is 0 Å². The molecule has 1 heterocycles. The molecule has 0 aromatic carbocycles. The van der Waals surface area contributed by atoms with Gasteiger partial charge < -0.3 is 11.1 Å². The van der Waals surface area contributed by atoms with Crippen molar-refractivity contribution < 1.29 is 4.92 Å². The molecule has 0 bridgehead atoms. The highest BCUT2D eigenvalue weighted by molar-refractivity contribution is 5.59. The number of nitrogen functional groups attached to an aromatic ring is 1. The van der Waals surface area contributed by atoms with Crippen molar-refractivity contribution in [2.24, 2.45) is 16.7 Å². The summed E-state index contributed by atoms with van der Waals surface area (Å²) in [6.45, 7) is 9.50. The van der Waals surface area contributed by atoms with Gasteiger partial charge in [0.1, 0.15) is 5.82 Å². The van der Waals surface area contributed by atoms with E-state index in [-0.39, 0.29) is 28.2 Å². The summed E-state index contributed by atoms with van der Waals surface area (Å²) in [7, 11) is 0. The SMILES string of the molecule is CC1(C)C(CNc2nc(N)ccc2[N+](=O)[O-])C1(C)C. The van der Waals surface area contributed by atoms with Crippen molar-refractivity contribution >= 4 is 17.3 Å². The summed E-state index contributed by atoms with van der Waals surface area (Å²) in [6.07, 6.45) is 0. The number of nitrogens with zero attached hydrogens (tertiary/aromatic N) is 2. The fourth-order valence-corrected chi connectivity index (χ4v) is 2.79. The van der Waals surface area contributed by atoms with Gasteiger partial charge in [-0.3, -0.25) is 10.1 Å². The van der Waals surface area contributed by atoms with Crippen LogP contribution in [0.2, 0.25) is 0 Å². The maximum Gasteiger partial charge on any atom is 0.311 e.